The van der Waals surface area contributed by atoms with E-state index in [9.17, 15) is 9.18 Å². The summed E-state index contributed by atoms with van der Waals surface area (Å²) in [4.78, 5) is 12.7. The van der Waals surface area contributed by atoms with E-state index in [1.54, 1.807) is 16.8 Å². The van der Waals surface area contributed by atoms with Crippen LogP contribution in [0.4, 0.5) is 10.1 Å². The number of carbonyl (C=O) groups excluding carboxylic acids is 1. The molecule has 1 saturated heterocycles. The molecule has 0 unspecified atom stereocenters. The van der Waals surface area contributed by atoms with Gasteiger partial charge in [0.25, 0.3) is 0 Å². The Balaban J connectivity index is 0.00000243. The van der Waals surface area contributed by atoms with Crippen molar-refractivity contribution >= 4 is 24.0 Å². The van der Waals surface area contributed by atoms with Crippen molar-refractivity contribution in [3.8, 4) is 5.69 Å². The van der Waals surface area contributed by atoms with E-state index in [2.05, 4.69) is 10.4 Å². The quantitative estimate of drug-likeness (QED) is 0.851. The van der Waals surface area contributed by atoms with Crippen molar-refractivity contribution in [2.75, 3.05) is 25.1 Å². The Hall–Kier alpha value is -1.96. The molecule has 0 bridgehead atoms. The Morgan fingerprint density at radius 1 is 1.35 bits per heavy atom. The van der Waals surface area contributed by atoms with Gasteiger partial charge in [0.15, 0.2) is 5.82 Å². The minimum atomic E-state index is -0.650. The van der Waals surface area contributed by atoms with Gasteiger partial charge in [0, 0.05) is 31.1 Å². The van der Waals surface area contributed by atoms with E-state index in [0.717, 1.165) is 11.4 Å². The van der Waals surface area contributed by atoms with Gasteiger partial charge in [0.1, 0.15) is 5.69 Å². The molecule has 3 rings (SSSR count). The second-order valence-electron chi connectivity index (χ2n) is 6.56. The van der Waals surface area contributed by atoms with Gasteiger partial charge in [0.05, 0.1) is 11.1 Å². The predicted octanol–water partition coefficient (Wildman–Crippen LogP) is 2.74. The molecule has 0 atom stereocenters. The normalized spacial score (nSPS) is 16.0. The largest absolute Gasteiger partial charge is 0.381 e. The number of rotatable bonds is 4. The first-order chi connectivity index (χ1) is 11.9. The van der Waals surface area contributed by atoms with Gasteiger partial charge in [-0.15, -0.1) is 12.4 Å². The second-order valence-corrected chi connectivity index (χ2v) is 6.56. The van der Waals surface area contributed by atoms with Crippen molar-refractivity contribution < 1.29 is 13.9 Å². The molecule has 2 heterocycles. The summed E-state index contributed by atoms with van der Waals surface area (Å²) in [6, 6.07) is 6.48. The average molecular weight is 383 g/mol. The molecule has 0 aliphatic carbocycles. The summed E-state index contributed by atoms with van der Waals surface area (Å²) in [5.74, 6) is -0.630. The molecule has 8 heteroatoms. The molecule has 1 aliphatic heterocycles. The fourth-order valence-electron chi connectivity index (χ4n) is 3.18. The number of anilines is 1. The highest BCUT2D eigenvalue weighted by molar-refractivity contribution is 5.95. The third-order valence-electron chi connectivity index (χ3n) is 4.77. The molecule has 1 aromatic heterocycles. The number of hydrogen-bond acceptors (Lipinski definition) is 4. The van der Waals surface area contributed by atoms with Crippen LogP contribution in [0.15, 0.2) is 24.3 Å². The first-order valence-corrected chi connectivity index (χ1v) is 8.38. The van der Waals surface area contributed by atoms with Crippen LogP contribution >= 0.6 is 12.4 Å². The fourth-order valence-corrected chi connectivity index (χ4v) is 3.18. The van der Waals surface area contributed by atoms with Crippen LogP contribution in [0.5, 0.6) is 0 Å². The third kappa shape index (κ3) is 3.90. The molecule has 2 aromatic rings. The zero-order valence-corrected chi connectivity index (χ0v) is 15.7. The van der Waals surface area contributed by atoms with Crippen molar-refractivity contribution in [3.63, 3.8) is 0 Å². The van der Waals surface area contributed by atoms with E-state index in [-0.39, 0.29) is 24.9 Å². The van der Waals surface area contributed by atoms with Gasteiger partial charge < -0.3 is 15.8 Å². The van der Waals surface area contributed by atoms with E-state index in [0.29, 0.717) is 37.4 Å². The third-order valence-corrected chi connectivity index (χ3v) is 4.77. The van der Waals surface area contributed by atoms with E-state index < -0.39 is 11.2 Å². The number of halogens is 2. The molecule has 1 fully saturated rings. The van der Waals surface area contributed by atoms with Crippen molar-refractivity contribution in [3.05, 3.63) is 41.5 Å². The molecule has 0 radical (unpaired) electrons. The van der Waals surface area contributed by atoms with Crippen LogP contribution in [0.2, 0.25) is 0 Å². The van der Waals surface area contributed by atoms with E-state index in [1.807, 2.05) is 19.9 Å². The summed E-state index contributed by atoms with van der Waals surface area (Å²) < 4.78 is 21.4. The maximum Gasteiger partial charge on any atom is 0.232 e. The predicted molar refractivity (Wildman–Crippen MR) is 100 cm³/mol. The number of hydrogen-bond donors (Lipinski definition) is 2. The summed E-state index contributed by atoms with van der Waals surface area (Å²) >= 11 is 0. The van der Waals surface area contributed by atoms with E-state index in [1.165, 1.54) is 6.07 Å². The molecule has 0 spiro atoms. The average Bonchev–Trinajstić information content (AvgIpc) is 2.93. The number of nitrogens with one attached hydrogen (secondary N) is 1. The second kappa shape index (κ2) is 8.16. The molecule has 26 heavy (non-hydrogen) atoms. The Morgan fingerprint density at radius 2 is 2.04 bits per heavy atom. The first-order valence-electron chi connectivity index (χ1n) is 8.38. The van der Waals surface area contributed by atoms with Crippen molar-refractivity contribution in [2.45, 2.75) is 26.7 Å². The van der Waals surface area contributed by atoms with Crippen LogP contribution in [-0.4, -0.2) is 35.4 Å². The minimum Gasteiger partial charge on any atom is -0.381 e. The summed E-state index contributed by atoms with van der Waals surface area (Å²) in [7, 11) is 0. The lowest BCUT2D eigenvalue weighted by molar-refractivity contribution is -0.130. The van der Waals surface area contributed by atoms with Gasteiger partial charge in [-0.05, 0) is 51.0 Å². The lowest BCUT2D eigenvalue weighted by Gasteiger charge is -2.34. The van der Waals surface area contributed by atoms with Crippen LogP contribution in [-0.2, 0) is 9.53 Å². The monoisotopic (exact) mass is 382 g/mol. The maximum atomic E-state index is 14.5. The van der Waals surface area contributed by atoms with Gasteiger partial charge in [-0.3, -0.25) is 4.79 Å². The molecule has 1 aromatic carbocycles. The Morgan fingerprint density at radius 3 is 2.58 bits per heavy atom. The van der Waals surface area contributed by atoms with Crippen molar-refractivity contribution in [2.24, 2.45) is 11.1 Å². The van der Waals surface area contributed by atoms with Crippen LogP contribution in [0.25, 0.3) is 5.69 Å². The number of aromatic nitrogens is 2. The van der Waals surface area contributed by atoms with E-state index in [4.69, 9.17) is 10.5 Å². The molecule has 0 saturated carbocycles. The topological polar surface area (TPSA) is 82.2 Å². The highest BCUT2D eigenvalue weighted by Gasteiger charge is 2.38. The number of aryl methyl sites for hydroxylation is 2. The first kappa shape index (κ1) is 20.4. The zero-order chi connectivity index (χ0) is 18.0. The molecule has 3 N–H and O–H groups in total. The lowest BCUT2D eigenvalue weighted by atomic mass is 9.79. The Labute approximate surface area is 158 Å². The van der Waals surface area contributed by atoms with Crippen LogP contribution in [0, 0.1) is 25.1 Å². The number of carbonyl (C=O) groups is 1. The summed E-state index contributed by atoms with van der Waals surface area (Å²) in [6.07, 6.45) is 1.14. The molecular weight excluding hydrogens is 359 g/mol. The molecule has 1 amide bonds. The fraction of sp³-hybridized carbons (Fsp3) is 0.444. The number of amides is 1. The molecule has 6 nitrogen and oxygen atoms in total. The standard InChI is InChI=1S/C18H23FN4O2.ClH/c1-12-9-13(2)23(22-12)16-4-3-14(10-15(16)19)21-17(24)18(11-20)5-7-25-8-6-18;/h3-4,9-10H,5-8,11,20H2,1-2H3,(H,21,24);1H. The smallest absolute Gasteiger partial charge is 0.232 e. The lowest BCUT2D eigenvalue weighted by Crippen LogP contribution is -2.46. The van der Waals surface area contributed by atoms with Crippen LogP contribution in [0.1, 0.15) is 24.2 Å². The summed E-state index contributed by atoms with van der Waals surface area (Å²) in [6.45, 7) is 4.99. The van der Waals surface area contributed by atoms with Crippen molar-refractivity contribution in [1.82, 2.24) is 9.78 Å². The maximum absolute atomic E-state index is 14.5. The molecule has 1 aliphatic rings. The SMILES string of the molecule is Cc1cc(C)n(-c2ccc(NC(=O)C3(CN)CCOCC3)cc2F)n1.Cl. The summed E-state index contributed by atoms with van der Waals surface area (Å²) in [5.41, 5.74) is 7.61. The Kier molecular flexibility index (Phi) is 6.39. The van der Waals surface area contributed by atoms with Crippen LogP contribution in [0.3, 0.4) is 0 Å². The number of nitrogens with zero attached hydrogens (tertiary/aromatic N) is 2. The highest BCUT2D eigenvalue weighted by atomic mass is 35.5. The zero-order valence-electron chi connectivity index (χ0n) is 14.9. The van der Waals surface area contributed by atoms with Crippen molar-refractivity contribution in [1.29, 1.82) is 0 Å². The summed E-state index contributed by atoms with van der Waals surface area (Å²) in [5, 5.41) is 7.09. The van der Waals surface area contributed by atoms with Gasteiger partial charge >= 0.3 is 0 Å². The molecular formula is C18H24ClFN4O2. The highest BCUT2D eigenvalue weighted by Crippen LogP contribution is 2.31. The Bertz CT molecular complexity index is 787. The van der Waals surface area contributed by atoms with Gasteiger partial charge in [-0.1, -0.05) is 0 Å². The van der Waals surface area contributed by atoms with Gasteiger partial charge in [0.2, 0.25) is 5.91 Å². The van der Waals surface area contributed by atoms with E-state index >= 15 is 0 Å². The van der Waals surface area contributed by atoms with Gasteiger partial charge in [-0.2, -0.15) is 5.10 Å². The minimum absolute atomic E-state index is 0. The number of benzene rings is 1. The number of nitrogens with two attached hydrogens (primary N) is 1. The van der Waals surface area contributed by atoms with Crippen LogP contribution < -0.4 is 11.1 Å². The molecule has 142 valence electrons. The number of ether oxygens (including phenoxy) is 1. The van der Waals surface area contributed by atoms with Gasteiger partial charge in [-0.25, -0.2) is 9.07 Å².